The molecular formula is C13H14Cl2O4. The number of rotatable bonds is 2. The molecule has 2 rings (SSSR count). The Morgan fingerprint density at radius 2 is 2.16 bits per heavy atom. The number of benzene rings is 1. The SMILES string of the molecule is CC1(C)CC(CC(=O)O)c2cc(Cl)c(Cl)c(O)c2O1. The summed E-state index contributed by atoms with van der Waals surface area (Å²) < 4.78 is 5.71. The average Bonchev–Trinajstić information content (AvgIpc) is 2.26. The summed E-state index contributed by atoms with van der Waals surface area (Å²) in [5.74, 6) is -1.17. The highest BCUT2D eigenvalue weighted by Crippen LogP contribution is 2.51. The van der Waals surface area contributed by atoms with E-state index in [4.69, 9.17) is 33.0 Å². The quantitative estimate of drug-likeness (QED) is 0.871. The standard InChI is InChI=1S/C13H14Cl2O4/c1-13(2)5-6(3-9(16)17)7-4-8(14)10(15)11(18)12(7)19-13/h4,6,18H,3,5H2,1-2H3,(H,16,17). The van der Waals surface area contributed by atoms with Gasteiger partial charge >= 0.3 is 5.97 Å². The molecule has 0 amide bonds. The molecule has 0 spiro atoms. The third-order valence-electron chi connectivity index (χ3n) is 3.15. The molecule has 1 atom stereocenters. The predicted octanol–water partition coefficient (Wildman–Crippen LogP) is 3.82. The van der Waals surface area contributed by atoms with Crippen molar-refractivity contribution in [1.82, 2.24) is 0 Å². The van der Waals surface area contributed by atoms with E-state index in [1.54, 1.807) is 6.07 Å². The van der Waals surface area contributed by atoms with Crippen molar-refractivity contribution in [3.63, 3.8) is 0 Å². The third kappa shape index (κ3) is 2.74. The van der Waals surface area contributed by atoms with Crippen LogP contribution < -0.4 is 4.74 Å². The van der Waals surface area contributed by atoms with Gasteiger partial charge in [0.25, 0.3) is 0 Å². The van der Waals surface area contributed by atoms with Crippen molar-refractivity contribution in [3.05, 3.63) is 21.7 Å². The number of carboxylic acids is 1. The van der Waals surface area contributed by atoms with E-state index in [0.29, 0.717) is 12.0 Å². The Morgan fingerprint density at radius 3 is 2.74 bits per heavy atom. The van der Waals surface area contributed by atoms with Crippen LogP contribution in [0.1, 0.15) is 38.2 Å². The molecule has 0 aromatic heterocycles. The fourth-order valence-corrected chi connectivity index (χ4v) is 2.79. The van der Waals surface area contributed by atoms with Crippen molar-refractivity contribution in [3.8, 4) is 11.5 Å². The Hall–Kier alpha value is -1.13. The van der Waals surface area contributed by atoms with E-state index in [0.717, 1.165) is 0 Å². The second-order valence-electron chi connectivity index (χ2n) is 5.30. The maximum absolute atomic E-state index is 11.0. The minimum absolute atomic E-state index is 0.0205. The molecule has 2 N–H and O–H groups in total. The monoisotopic (exact) mass is 304 g/mol. The van der Waals surface area contributed by atoms with Crippen LogP contribution >= 0.6 is 23.2 Å². The van der Waals surface area contributed by atoms with E-state index < -0.39 is 11.6 Å². The number of phenols is 1. The number of halogens is 2. The topological polar surface area (TPSA) is 66.8 Å². The molecule has 0 radical (unpaired) electrons. The first-order valence-electron chi connectivity index (χ1n) is 5.83. The molecule has 19 heavy (non-hydrogen) atoms. The van der Waals surface area contributed by atoms with Crippen LogP contribution in [0.25, 0.3) is 0 Å². The second-order valence-corrected chi connectivity index (χ2v) is 6.09. The molecule has 0 fully saturated rings. The van der Waals surface area contributed by atoms with Gasteiger partial charge in [-0.1, -0.05) is 23.2 Å². The smallest absolute Gasteiger partial charge is 0.303 e. The summed E-state index contributed by atoms with van der Waals surface area (Å²) in [5.41, 5.74) is 0.0236. The molecule has 4 nitrogen and oxygen atoms in total. The van der Waals surface area contributed by atoms with Gasteiger partial charge in [-0.15, -0.1) is 0 Å². The molecule has 0 saturated heterocycles. The van der Waals surface area contributed by atoms with Crippen LogP contribution in [-0.4, -0.2) is 21.8 Å². The highest BCUT2D eigenvalue weighted by molar-refractivity contribution is 6.43. The molecule has 1 aromatic rings. The Morgan fingerprint density at radius 1 is 1.53 bits per heavy atom. The molecule has 1 aliphatic heterocycles. The molecular weight excluding hydrogens is 291 g/mol. The van der Waals surface area contributed by atoms with Crippen LogP contribution in [0, 0.1) is 0 Å². The highest BCUT2D eigenvalue weighted by Gasteiger charge is 2.37. The van der Waals surface area contributed by atoms with E-state index in [-0.39, 0.29) is 33.9 Å². The maximum atomic E-state index is 11.0. The van der Waals surface area contributed by atoms with E-state index in [1.165, 1.54) is 0 Å². The van der Waals surface area contributed by atoms with Crippen LogP contribution in [0.3, 0.4) is 0 Å². The van der Waals surface area contributed by atoms with Gasteiger partial charge in [-0.05, 0) is 26.3 Å². The number of hydrogen-bond donors (Lipinski definition) is 2. The Bertz CT molecular complexity index is 540. The number of phenolic OH excluding ortho intramolecular Hbond substituents is 1. The number of hydrogen-bond acceptors (Lipinski definition) is 3. The summed E-state index contributed by atoms with van der Waals surface area (Å²) in [6.07, 6.45) is 0.487. The minimum atomic E-state index is -0.904. The van der Waals surface area contributed by atoms with Crippen LogP contribution in [0.15, 0.2) is 6.07 Å². The van der Waals surface area contributed by atoms with E-state index in [2.05, 4.69) is 0 Å². The number of fused-ring (bicyclic) bond motifs is 1. The zero-order chi connectivity index (χ0) is 14.4. The van der Waals surface area contributed by atoms with Crippen molar-refractivity contribution >= 4 is 29.2 Å². The first-order chi connectivity index (χ1) is 8.71. The number of ether oxygens (including phenoxy) is 1. The van der Waals surface area contributed by atoms with Gasteiger partial charge in [-0.25, -0.2) is 0 Å². The van der Waals surface area contributed by atoms with Gasteiger partial charge in [0, 0.05) is 11.5 Å². The second kappa shape index (κ2) is 4.76. The van der Waals surface area contributed by atoms with Crippen LogP contribution in [0.4, 0.5) is 0 Å². The molecule has 1 aromatic carbocycles. The summed E-state index contributed by atoms with van der Waals surface area (Å²) >= 11 is 11.8. The van der Waals surface area contributed by atoms with Crippen molar-refractivity contribution in [2.75, 3.05) is 0 Å². The molecule has 0 aliphatic carbocycles. The van der Waals surface area contributed by atoms with Gasteiger partial charge in [-0.2, -0.15) is 0 Å². The lowest BCUT2D eigenvalue weighted by atomic mass is 9.82. The zero-order valence-electron chi connectivity index (χ0n) is 10.5. The van der Waals surface area contributed by atoms with Crippen LogP contribution in [0.2, 0.25) is 10.0 Å². The van der Waals surface area contributed by atoms with Crippen molar-refractivity contribution < 1.29 is 19.7 Å². The Balaban J connectivity index is 2.56. The van der Waals surface area contributed by atoms with Crippen molar-refractivity contribution in [2.45, 2.75) is 38.2 Å². The largest absolute Gasteiger partial charge is 0.503 e. The van der Waals surface area contributed by atoms with Gasteiger partial charge in [0.2, 0.25) is 0 Å². The highest BCUT2D eigenvalue weighted by atomic mass is 35.5. The number of carbonyl (C=O) groups is 1. The summed E-state index contributed by atoms with van der Waals surface area (Å²) in [5, 5.41) is 19.2. The fourth-order valence-electron chi connectivity index (χ4n) is 2.44. The third-order valence-corrected chi connectivity index (χ3v) is 3.93. The van der Waals surface area contributed by atoms with Gasteiger partial charge < -0.3 is 14.9 Å². The summed E-state index contributed by atoms with van der Waals surface area (Å²) in [7, 11) is 0. The molecule has 1 unspecified atom stereocenters. The lowest BCUT2D eigenvalue weighted by Crippen LogP contribution is -2.35. The Kier molecular flexibility index (Phi) is 3.58. The molecule has 0 bridgehead atoms. The lowest BCUT2D eigenvalue weighted by Gasteiger charge is -2.37. The van der Waals surface area contributed by atoms with E-state index in [1.807, 2.05) is 13.8 Å². The van der Waals surface area contributed by atoms with Gasteiger partial charge in [0.1, 0.15) is 10.6 Å². The molecule has 104 valence electrons. The molecule has 0 saturated carbocycles. The minimum Gasteiger partial charge on any atom is -0.503 e. The predicted molar refractivity (Wildman–Crippen MR) is 72.4 cm³/mol. The molecule has 6 heteroatoms. The zero-order valence-corrected chi connectivity index (χ0v) is 12.0. The lowest BCUT2D eigenvalue weighted by molar-refractivity contribution is -0.137. The van der Waals surface area contributed by atoms with Gasteiger partial charge in [0.15, 0.2) is 11.5 Å². The number of aromatic hydroxyl groups is 1. The van der Waals surface area contributed by atoms with Crippen LogP contribution in [0.5, 0.6) is 11.5 Å². The first-order valence-corrected chi connectivity index (χ1v) is 6.58. The fraction of sp³-hybridized carbons (Fsp3) is 0.462. The van der Waals surface area contributed by atoms with Crippen molar-refractivity contribution in [2.24, 2.45) is 0 Å². The average molecular weight is 305 g/mol. The summed E-state index contributed by atoms with van der Waals surface area (Å²) in [6.45, 7) is 3.68. The van der Waals surface area contributed by atoms with Gasteiger partial charge in [-0.3, -0.25) is 4.79 Å². The number of aliphatic carboxylic acids is 1. The van der Waals surface area contributed by atoms with Crippen LogP contribution in [-0.2, 0) is 4.79 Å². The van der Waals surface area contributed by atoms with E-state index >= 15 is 0 Å². The summed E-state index contributed by atoms with van der Waals surface area (Å²) in [6, 6.07) is 1.57. The molecule has 1 heterocycles. The number of carboxylic acid groups (broad SMARTS) is 1. The Labute approximate surface area is 120 Å². The molecule has 1 aliphatic rings. The normalized spacial score (nSPS) is 20.5. The maximum Gasteiger partial charge on any atom is 0.303 e. The summed E-state index contributed by atoms with van der Waals surface area (Å²) in [4.78, 5) is 11.0. The van der Waals surface area contributed by atoms with E-state index in [9.17, 15) is 9.90 Å². The van der Waals surface area contributed by atoms with Gasteiger partial charge in [0.05, 0.1) is 11.4 Å². The first kappa shape index (κ1) is 14.3. The van der Waals surface area contributed by atoms with Crippen molar-refractivity contribution in [1.29, 1.82) is 0 Å².